The van der Waals surface area contributed by atoms with Gasteiger partial charge in [0.25, 0.3) is 0 Å². The zero-order valence-corrected chi connectivity index (χ0v) is 17.7. The number of ether oxygens (including phenoxy) is 2. The molecule has 5 rings (SSSR count). The summed E-state index contributed by atoms with van der Waals surface area (Å²) in [5.41, 5.74) is 0.964. The average Bonchev–Trinajstić information content (AvgIpc) is 3.26. The van der Waals surface area contributed by atoms with Gasteiger partial charge < -0.3 is 14.6 Å². The van der Waals surface area contributed by atoms with Crippen LogP contribution in [-0.4, -0.2) is 30.7 Å². The van der Waals surface area contributed by atoms with E-state index in [2.05, 4.69) is 20.8 Å². The standard InChI is InChI=1S/C24H40O3/c1-16(15-25)19-6-7-20-18-5-4-17-14-24(26-12-13-27-24)11-10-22(17,2)21(18)8-9-23(19,20)3/h16-21,25H,4-15H2,1-3H3/t16-,17+,18?,19-,20?,21?,22+,23-/m1/s1. The van der Waals surface area contributed by atoms with Crippen molar-refractivity contribution in [3.63, 3.8) is 0 Å². The quantitative estimate of drug-likeness (QED) is 0.736. The molecule has 5 fully saturated rings. The molecule has 3 unspecified atom stereocenters. The highest BCUT2D eigenvalue weighted by Gasteiger charge is 2.62. The summed E-state index contributed by atoms with van der Waals surface area (Å²) >= 11 is 0. The number of hydrogen-bond donors (Lipinski definition) is 1. The summed E-state index contributed by atoms with van der Waals surface area (Å²) in [4.78, 5) is 0. The normalized spacial score (nSPS) is 52.2. The van der Waals surface area contributed by atoms with Crippen LogP contribution in [0, 0.1) is 46.3 Å². The van der Waals surface area contributed by atoms with Gasteiger partial charge in [-0.05, 0) is 91.3 Å². The Morgan fingerprint density at radius 2 is 1.63 bits per heavy atom. The first-order valence-electron chi connectivity index (χ1n) is 11.8. The summed E-state index contributed by atoms with van der Waals surface area (Å²) in [6.45, 7) is 9.44. The van der Waals surface area contributed by atoms with Gasteiger partial charge in [0.15, 0.2) is 5.79 Å². The van der Waals surface area contributed by atoms with Crippen molar-refractivity contribution in [2.24, 2.45) is 46.3 Å². The fourth-order valence-corrected chi connectivity index (χ4v) is 9.06. The first-order valence-corrected chi connectivity index (χ1v) is 11.8. The Kier molecular flexibility index (Phi) is 4.50. The molecule has 4 aliphatic carbocycles. The van der Waals surface area contributed by atoms with Gasteiger partial charge in [0.2, 0.25) is 0 Å². The lowest BCUT2D eigenvalue weighted by molar-refractivity contribution is -0.229. The van der Waals surface area contributed by atoms with E-state index in [0.29, 0.717) is 23.4 Å². The molecule has 0 amide bonds. The van der Waals surface area contributed by atoms with E-state index in [-0.39, 0.29) is 5.79 Å². The van der Waals surface area contributed by atoms with E-state index in [1.807, 2.05) is 0 Å². The Bertz CT molecular complexity index is 570. The summed E-state index contributed by atoms with van der Waals surface area (Å²) in [7, 11) is 0. The maximum Gasteiger partial charge on any atom is 0.168 e. The fraction of sp³-hybridized carbons (Fsp3) is 1.00. The number of rotatable bonds is 2. The van der Waals surface area contributed by atoms with Gasteiger partial charge in [0.05, 0.1) is 13.2 Å². The van der Waals surface area contributed by atoms with Gasteiger partial charge in [0, 0.05) is 19.4 Å². The van der Waals surface area contributed by atoms with Gasteiger partial charge in [-0.25, -0.2) is 0 Å². The highest BCUT2D eigenvalue weighted by Crippen LogP contribution is 2.69. The Morgan fingerprint density at radius 3 is 2.37 bits per heavy atom. The van der Waals surface area contributed by atoms with E-state index in [1.165, 1.54) is 44.9 Å². The average molecular weight is 377 g/mol. The third kappa shape index (κ3) is 2.63. The SMILES string of the molecule is C[C@H](CO)[C@H]1CCC2C3CC[C@H]4CC5(CC[C@]4(C)C3CC[C@@]21C)OCCO5. The third-order valence-corrected chi connectivity index (χ3v) is 10.5. The Balaban J connectivity index is 1.38. The molecular weight excluding hydrogens is 336 g/mol. The third-order valence-electron chi connectivity index (χ3n) is 10.5. The van der Waals surface area contributed by atoms with Crippen molar-refractivity contribution in [1.82, 2.24) is 0 Å². The van der Waals surface area contributed by atoms with Crippen molar-refractivity contribution in [3.05, 3.63) is 0 Å². The Morgan fingerprint density at radius 1 is 0.889 bits per heavy atom. The monoisotopic (exact) mass is 376 g/mol. The van der Waals surface area contributed by atoms with E-state index in [9.17, 15) is 5.11 Å². The Labute approximate surface area is 165 Å². The predicted molar refractivity (Wildman–Crippen MR) is 106 cm³/mol. The van der Waals surface area contributed by atoms with E-state index in [4.69, 9.17) is 9.47 Å². The van der Waals surface area contributed by atoms with Gasteiger partial charge >= 0.3 is 0 Å². The molecule has 1 spiro atoms. The van der Waals surface area contributed by atoms with Crippen LogP contribution >= 0.6 is 0 Å². The molecule has 0 bridgehead atoms. The lowest BCUT2D eigenvalue weighted by Gasteiger charge is -2.62. The van der Waals surface area contributed by atoms with Gasteiger partial charge in [-0.1, -0.05) is 20.8 Å². The van der Waals surface area contributed by atoms with Crippen molar-refractivity contribution in [3.8, 4) is 0 Å². The van der Waals surface area contributed by atoms with Crippen molar-refractivity contribution >= 4 is 0 Å². The van der Waals surface area contributed by atoms with E-state index in [0.717, 1.165) is 55.6 Å². The summed E-state index contributed by atoms with van der Waals surface area (Å²) in [6.07, 6.45) is 11.9. The number of hydrogen-bond acceptors (Lipinski definition) is 3. The van der Waals surface area contributed by atoms with Crippen LogP contribution in [0.5, 0.6) is 0 Å². The fourth-order valence-electron chi connectivity index (χ4n) is 9.06. The predicted octanol–water partition coefficient (Wildman–Crippen LogP) is 5.02. The molecule has 8 atom stereocenters. The largest absolute Gasteiger partial charge is 0.396 e. The first-order chi connectivity index (χ1) is 12.9. The van der Waals surface area contributed by atoms with Crippen LogP contribution in [-0.2, 0) is 9.47 Å². The van der Waals surface area contributed by atoms with Crippen LogP contribution in [0.25, 0.3) is 0 Å². The molecular formula is C24H40O3. The lowest BCUT2D eigenvalue weighted by atomic mass is 9.44. The molecule has 3 heteroatoms. The second-order valence-corrected chi connectivity index (χ2v) is 11.4. The van der Waals surface area contributed by atoms with Crippen LogP contribution in [0.4, 0.5) is 0 Å². The van der Waals surface area contributed by atoms with E-state index < -0.39 is 0 Å². The molecule has 3 nitrogen and oxygen atoms in total. The molecule has 4 saturated carbocycles. The van der Waals surface area contributed by atoms with Crippen LogP contribution in [0.15, 0.2) is 0 Å². The summed E-state index contributed by atoms with van der Waals surface area (Å²) in [5, 5.41) is 9.80. The first kappa shape index (κ1) is 18.9. The number of aliphatic hydroxyl groups is 1. The van der Waals surface area contributed by atoms with Gasteiger partial charge in [0.1, 0.15) is 0 Å². The lowest BCUT2D eigenvalue weighted by Crippen LogP contribution is -2.56. The minimum absolute atomic E-state index is 0.227. The molecule has 1 saturated heterocycles. The molecule has 154 valence electrons. The highest BCUT2D eigenvalue weighted by molar-refractivity contribution is 5.10. The second kappa shape index (κ2) is 6.44. The summed E-state index contributed by atoms with van der Waals surface area (Å²) in [6, 6.07) is 0. The number of fused-ring (bicyclic) bond motifs is 5. The number of aliphatic hydroxyl groups excluding tert-OH is 1. The Hall–Kier alpha value is -0.120. The molecule has 1 heterocycles. The molecule has 5 aliphatic rings. The molecule has 1 N–H and O–H groups in total. The van der Waals surface area contributed by atoms with Crippen LogP contribution in [0.1, 0.15) is 78.6 Å². The molecule has 0 radical (unpaired) electrons. The van der Waals surface area contributed by atoms with Crippen molar-refractivity contribution in [1.29, 1.82) is 0 Å². The zero-order valence-electron chi connectivity index (χ0n) is 17.7. The van der Waals surface area contributed by atoms with Crippen LogP contribution in [0.2, 0.25) is 0 Å². The van der Waals surface area contributed by atoms with Crippen molar-refractivity contribution < 1.29 is 14.6 Å². The van der Waals surface area contributed by atoms with Gasteiger partial charge in [-0.3, -0.25) is 0 Å². The zero-order chi connectivity index (χ0) is 18.9. The van der Waals surface area contributed by atoms with Crippen molar-refractivity contribution in [2.45, 2.75) is 84.3 Å². The van der Waals surface area contributed by atoms with E-state index in [1.54, 1.807) is 0 Å². The van der Waals surface area contributed by atoms with Crippen LogP contribution < -0.4 is 0 Å². The summed E-state index contributed by atoms with van der Waals surface area (Å²) < 4.78 is 12.2. The summed E-state index contributed by atoms with van der Waals surface area (Å²) in [5.74, 6) is 4.46. The molecule has 0 aromatic heterocycles. The maximum absolute atomic E-state index is 9.80. The second-order valence-electron chi connectivity index (χ2n) is 11.4. The van der Waals surface area contributed by atoms with Gasteiger partial charge in [-0.2, -0.15) is 0 Å². The molecule has 0 aromatic carbocycles. The molecule has 27 heavy (non-hydrogen) atoms. The molecule has 0 aromatic rings. The minimum atomic E-state index is -0.227. The molecule has 1 aliphatic heterocycles. The smallest absolute Gasteiger partial charge is 0.168 e. The maximum atomic E-state index is 9.80. The van der Waals surface area contributed by atoms with Crippen molar-refractivity contribution in [2.75, 3.05) is 19.8 Å². The van der Waals surface area contributed by atoms with Crippen LogP contribution in [0.3, 0.4) is 0 Å². The van der Waals surface area contributed by atoms with Gasteiger partial charge in [-0.15, -0.1) is 0 Å². The van der Waals surface area contributed by atoms with E-state index >= 15 is 0 Å². The topological polar surface area (TPSA) is 38.7 Å². The highest BCUT2D eigenvalue weighted by atomic mass is 16.7. The minimum Gasteiger partial charge on any atom is -0.396 e.